The first-order valence-corrected chi connectivity index (χ1v) is 7.94. The molecule has 0 aliphatic heterocycles. The highest BCUT2D eigenvalue weighted by molar-refractivity contribution is 5.78. The molecule has 0 fully saturated rings. The quantitative estimate of drug-likeness (QED) is 0.731. The van der Waals surface area contributed by atoms with E-state index in [1.165, 1.54) is 6.92 Å². The van der Waals surface area contributed by atoms with Crippen molar-refractivity contribution >= 4 is 11.9 Å². The van der Waals surface area contributed by atoms with Gasteiger partial charge in [0.25, 0.3) is 5.91 Å². The average Bonchev–Trinajstić information content (AvgIpc) is 2.64. The monoisotopic (exact) mass is 343 g/mol. The fourth-order valence-corrected chi connectivity index (χ4v) is 1.97. The summed E-state index contributed by atoms with van der Waals surface area (Å²) < 4.78 is 11.2. The number of hydrogen-bond donors (Lipinski definition) is 2. The Bertz CT molecular complexity index is 702. The minimum atomic E-state index is -0.958. The number of para-hydroxylation sites is 2. The van der Waals surface area contributed by atoms with Gasteiger partial charge in [0.15, 0.2) is 18.1 Å². The molecule has 1 amide bonds. The van der Waals surface area contributed by atoms with Crippen molar-refractivity contribution in [1.29, 1.82) is 0 Å². The Kier molecular flexibility index (Phi) is 6.83. The van der Waals surface area contributed by atoms with Gasteiger partial charge in [-0.05, 0) is 17.7 Å². The van der Waals surface area contributed by atoms with Crippen LogP contribution in [0.15, 0.2) is 54.6 Å². The van der Waals surface area contributed by atoms with Crippen LogP contribution in [0.3, 0.4) is 0 Å². The van der Waals surface area contributed by atoms with E-state index in [9.17, 15) is 9.59 Å². The predicted octanol–water partition coefficient (Wildman–Crippen LogP) is 2.48. The summed E-state index contributed by atoms with van der Waals surface area (Å²) in [5, 5.41) is 11.3. The molecule has 6 nitrogen and oxygen atoms in total. The van der Waals surface area contributed by atoms with Crippen molar-refractivity contribution in [2.45, 2.75) is 13.5 Å². The molecule has 0 spiro atoms. The van der Waals surface area contributed by atoms with Crippen LogP contribution in [0, 0.1) is 5.92 Å². The van der Waals surface area contributed by atoms with E-state index in [0.29, 0.717) is 18.1 Å². The summed E-state index contributed by atoms with van der Waals surface area (Å²) in [6.07, 6.45) is 0. The van der Waals surface area contributed by atoms with Gasteiger partial charge >= 0.3 is 5.97 Å². The van der Waals surface area contributed by atoms with Crippen molar-refractivity contribution < 1.29 is 24.2 Å². The van der Waals surface area contributed by atoms with Crippen molar-refractivity contribution in [3.63, 3.8) is 0 Å². The lowest BCUT2D eigenvalue weighted by Gasteiger charge is -2.13. The SMILES string of the molecule is CC(CNC(=O)COc1ccccc1OCc1ccccc1)C(=O)O. The lowest BCUT2D eigenvalue weighted by atomic mass is 10.2. The molecule has 2 rings (SSSR count). The summed E-state index contributed by atoms with van der Waals surface area (Å²) in [6.45, 7) is 1.77. The van der Waals surface area contributed by atoms with Crippen LogP contribution in [0.4, 0.5) is 0 Å². The lowest BCUT2D eigenvalue weighted by Crippen LogP contribution is -2.34. The van der Waals surface area contributed by atoms with E-state index < -0.39 is 11.9 Å². The third-order valence-corrected chi connectivity index (χ3v) is 3.47. The number of nitrogens with one attached hydrogen (secondary N) is 1. The van der Waals surface area contributed by atoms with E-state index in [2.05, 4.69) is 5.32 Å². The van der Waals surface area contributed by atoms with E-state index >= 15 is 0 Å². The second-order valence-corrected chi connectivity index (χ2v) is 5.55. The third-order valence-electron chi connectivity index (χ3n) is 3.47. The molecule has 1 unspecified atom stereocenters. The van der Waals surface area contributed by atoms with Gasteiger partial charge in [-0.3, -0.25) is 9.59 Å². The maximum absolute atomic E-state index is 11.8. The maximum Gasteiger partial charge on any atom is 0.308 e. The van der Waals surface area contributed by atoms with Crippen molar-refractivity contribution in [1.82, 2.24) is 5.32 Å². The normalized spacial score (nSPS) is 11.4. The molecule has 2 aromatic rings. The summed E-state index contributed by atoms with van der Waals surface area (Å²) in [5.41, 5.74) is 1.03. The molecule has 0 radical (unpaired) electrons. The molecular formula is C19H21NO5. The van der Waals surface area contributed by atoms with E-state index in [-0.39, 0.29) is 19.1 Å². The second-order valence-electron chi connectivity index (χ2n) is 5.55. The summed E-state index contributed by atoms with van der Waals surface area (Å²) >= 11 is 0. The number of carbonyl (C=O) groups excluding carboxylic acids is 1. The highest BCUT2D eigenvalue weighted by Gasteiger charge is 2.13. The van der Waals surface area contributed by atoms with Crippen molar-refractivity contribution in [3.05, 3.63) is 60.2 Å². The fraction of sp³-hybridized carbons (Fsp3) is 0.263. The van der Waals surface area contributed by atoms with E-state index in [1.54, 1.807) is 18.2 Å². The summed E-state index contributed by atoms with van der Waals surface area (Å²) in [7, 11) is 0. The number of rotatable bonds is 9. The number of benzene rings is 2. The zero-order chi connectivity index (χ0) is 18.1. The molecule has 0 aromatic heterocycles. The van der Waals surface area contributed by atoms with Crippen LogP contribution in [-0.2, 0) is 16.2 Å². The third kappa shape index (κ3) is 6.18. The molecule has 0 bridgehead atoms. The molecule has 2 aromatic carbocycles. The van der Waals surface area contributed by atoms with Crippen molar-refractivity contribution in [2.75, 3.05) is 13.2 Å². The van der Waals surface area contributed by atoms with Gasteiger partial charge in [0.05, 0.1) is 5.92 Å². The molecule has 0 saturated heterocycles. The number of amides is 1. The van der Waals surface area contributed by atoms with Gasteiger partial charge in [-0.2, -0.15) is 0 Å². The van der Waals surface area contributed by atoms with Gasteiger partial charge in [-0.25, -0.2) is 0 Å². The molecule has 6 heteroatoms. The number of ether oxygens (including phenoxy) is 2. The van der Waals surface area contributed by atoms with Gasteiger partial charge in [0.2, 0.25) is 0 Å². The molecule has 25 heavy (non-hydrogen) atoms. The minimum Gasteiger partial charge on any atom is -0.485 e. The van der Waals surface area contributed by atoms with Crippen LogP contribution in [0.5, 0.6) is 11.5 Å². The predicted molar refractivity (Wildman–Crippen MR) is 92.5 cm³/mol. The standard InChI is InChI=1S/C19H21NO5/c1-14(19(22)23)11-20-18(21)13-25-17-10-6-5-9-16(17)24-12-15-7-3-2-4-8-15/h2-10,14H,11-13H2,1H3,(H,20,21)(H,22,23). The van der Waals surface area contributed by atoms with Gasteiger partial charge < -0.3 is 19.9 Å². The highest BCUT2D eigenvalue weighted by Crippen LogP contribution is 2.27. The number of hydrogen-bond acceptors (Lipinski definition) is 4. The second kappa shape index (κ2) is 9.32. The van der Waals surface area contributed by atoms with Crippen molar-refractivity contribution in [2.24, 2.45) is 5.92 Å². The van der Waals surface area contributed by atoms with Crippen LogP contribution in [-0.4, -0.2) is 30.1 Å². The first-order valence-electron chi connectivity index (χ1n) is 7.94. The molecule has 132 valence electrons. The largest absolute Gasteiger partial charge is 0.485 e. The number of carboxylic acids is 1. The Morgan fingerprint density at radius 1 is 1.00 bits per heavy atom. The van der Waals surface area contributed by atoms with Gasteiger partial charge in [0.1, 0.15) is 6.61 Å². The van der Waals surface area contributed by atoms with Crippen LogP contribution < -0.4 is 14.8 Å². The number of aliphatic carboxylic acids is 1. The van der Waals surface area contributed by atoms with Crippen LogP contribution in [0.1, 0.15) is 12.5 Å². The smallest absolute Gasteiger partial charge is 0.308 e. The Morgan fingerprint density at radius 3 is 2.24 bits per heavy atom. The molecule has 0 heterocycles. The molecule has 2 N–H and O–H groups in total. The Hall–Kier alpha value is -3.02. The summed E-state index contributed by atoms with van der Waals surface area (Å²) in [4.78, 5) is 22.5. The molecule has 0 aliphatic rings. The maximum atomic E-state index is 11.8. The van der Waals surface area contributed by atoms with Crippen LogP contribution >= 0.6 is 0 Å². The summed E-state index contributed by atoms with van der Waals surface area (Å²) in [5.74, 6) is -0.991. The number of carbonyl (C=O) groups is 2. The van der Waals surface area contributed by atoms with Gasteiger partial charge in [0, 0.05) is 6.54 Å². The lowest BCUT2D eigenvalue weighted by molar-refractivity contribution is -0.141. The highest BCUT2D eigenvalue weighted by atomic mass is 16.5. The first kappa shape index (κ1) is 18.3. The molecule has 1 atom stereocenters. The molecule has 0 saturated carbocycles. The Morgan fingerprint density at radius 2 is 1.60 bits per heavy atom. The van der Waals surface area contributed by atoms with Gasteiger partial charge in [-0.15, -0.1) is 0 Å². The Balaban J connectivity index is 1.85. The zero-order valence-corrected chi connectivity index (χ0v) is 14.0. The molecule has 0 aliphatic carbocycles. The Labute approximate surface area is 146 Å². The van der Waals surface area contributed by atoms with E-state index in [0.717, 1.165) is 5.56 Å². The van der Waals surface area contributed by atoms with Gasteiger partial charge in [-0.1, -0.05) is 49.4 Å². The fourth-order valence-electron chi connectivity index (χ4n) is 1.97. The number of carboxylic acid groups (broad SMARTS) is 1. The van der Waals surface area contributed by atoms with E-state index in [4.69, 9.17) is 14.6 Å². The van der Waals surface area contributed by atoms with Crippen LogP contribution in [0.2, 0.25) is 0 Å². The minimum absolute atomic E-state index is 0.0592. The van der Waals surface area contributed by atoms with Crippen LogP contribution in [0.25, 0.3) is 0 Å². The first-order chi connectivity index (χ1) is 12.1. The van der Waals surface area contributed by atoms with E-state index in [1.807, 2.05) is 36.4 Å². The van der Waals surface area contributed by atoms with Crippen molar-refractivity contribution in [3.8, 4) is 11.5 Å². The molecular weight excluding hydrogens is 322 g/mol. The summed E-state index contributed by atoms with van der Waals surface area (Å²) in [6, 6.07) is 16.8. The zero-order valence-electron chi connectivity index (χ0n) is 14.0. The average molecular weight is 343 g/mol. The topological polar surface area (TPSA) is 84.9 Å².